The molecule has 1 aromatic heterocycles. The average molecular weight is 159 g/mol. The highest BCUT2D eigenvalue weighted by Crippen LogP contribution is 1.94. The minimum atomic E-state index is 0.519. The molecule has 3 heteroatoms. The first-order valence-corrected chi connectivity index (χ1v) is 3.49. The Balaban J connectivity index is 3.03. The summed E-state index contributed by atoms with van der Waals surface area (Å²) < 4.78 is 0. The molecule has 0 aliphatic rings. The lowest BCUT2D eigenvalue weighted by atomic mass is 10.2. The molecule has 0 unspecified atom stereocenters. The number of hydrogen-bond donors (Lipinski definition) is 1. The molecule has 0 aromatic carbocycles. The van der Waals surface area contributed by atoms with Crippen molar-refractivity contribution < 1.29 is 0 Å². The van der Waals surface area contributed by atoms with Crippen molar-refractivity contribution in [2.75, 3.05) is 0 Å². The molecule has 0 fully saturated rings. The van der Waals surface area contributed by atoms with Crippen LogP contribution >= 0.6 is 0 Å². The van der Waals surface area contributed by atoms with E-state index in [1.165, 1.54) is 6.20 Å². The second-order valence-electron chi connectivity index (χ2n) is 2.06. The maximum Gasteiger partial charge on any atom is 0.106 e. The highest BCUT2D eigenvalue weighted by molar-refractivity contribution is 6.36. The zero-order chi connectivity index (χ0) is 8.81. The van der Waals surface area contributed by atoms with E-state index in [0.717, 1.165) is 6.21 Å². The molecule has 0 saturated carbocycles. The Labute approximate surface area is 71.0 Å². The topological polar surface area (TPSA) is 49.1 Å². The Morgan fingerprint density at radius 2 is 2.42 bits per heavy atom. The number of nitrogens with one attached hydrogen (secondary N) is 1. The highest BCUT2D eigenvalue weighted by atomic mass is 14.8. The fourth-order valence-corrected chi connectivity index (χ4v) is 0.790. The maximum absolute atomic E-state index is 7.06. The second kappa shape index (κ2) is 4.18. The van der Waals surface area contributed by atoms with Gasteiger partial charge in [-0.05, 0) is 12.1 Å². The van der Waals surface area contributed by atoms with Crippen LogP contribution in [0.4, 0.5) is 0 Å². The van der Waals surface area contributed by atoms with Gasteiger partial charge in [-0.25, -0.2) is 0 Å². The van der Waals surface area contributed by atoms with Crippen LogP contribution in [0.3, 0.4) is 0 Å². The van der Waals surface area contributed by atoms with E-state index >= 15 is 0 Å². The molecule has 60 valence electrons. The molecule has 1 aromatic rings. The standard InChI is InChI=1S/C9H9N3/c1-2-11-9(7-10)8-5-3-4-6-12-8/h2-7,10H,1H2. The van der Waals surface area contributed by atoms with Crippen molar-refractivity contribution in [2.24, 2.45) is 4.99 Å². The number of rotatable bonds is 3. The first-order valence-electron chi connectivity index (χ1n) is 3.49. The van der Waals surface area contributed by atoms with E-state index in [1.54, 1.807) is 12.3 Å². The van der Waals surface area contributed by atoms with Crippen molar-refractivity contribution in [3.63, 3.8) is 0 Å². The molecular formula is C9H9N3. The van der Waals surface area contributed by atoms with Gasteiger partial charge in [-0.1, -0.05) is 12.6 Å². The van der Waals surface area contributed by atoms with Gasteiger partial charge in [-0.2, -0.15) is 0 Å². The van der Waals surface area contributed by atoms with Gasteiger partial charge in [-0.15, -0.1) is 0 Å². The van der Waals surface area contributed by atoms with Crippen molar-refractivity contribution in [1.82, 2.24) is 4.98 Å². The lowest BCUT2D eigenvalue weighted by Crippen LogP contribution is -2.02. The third-order valence-corrected chi connectivity index (χ3v) is 1.29. The molecule has 0 bridgehead atoms. The van der Waals surface area contributed by atoms with Gasteiger partial charge in [0.05, 0.1) is 5.69 Å². The Kier molecular flexibility index (Phi) is 2.90. The molecular weight excluding hydrogens is 150 g/mol. The quantitative estimate of drug-likeness (QED) is 0.670. The summed E-state index contributed by atoms with van der Waals surface area (Å²) >= 11 is 0. The monoisotopic (exact) mass is 159 g/mol. The summed E-state index contributed by atoms with van der Waals surface area (Å²) in [5.74, 6) is 0. The lowest BCUT2D eigenvalue weighted by molar-refractivity contribution is 1.29. The van der Waals surface area contributed by atoms with Gasteiger partial charge in [0.15, 0.2) is 0 Å². The molecule has 0 radical (unpaired) electrons. The summed E-state index contributed by atoms with van der Waals surface area (Å²) in [5, 5.41) is 7.06. The van der Waals surface area contributed by atoms with Crippen LogP contribution in [0.5, 0.6) is 0 Å². The van der Waals surface area contributed by atoms with E-state index in [-0.39, 0.29) is 0 Å². The Morgan fingerprint density at radius 3 is 2.92 bits per heavy atom. The van der Waals surface area contributed by atoms with Gasteiger partial charge >= 0.3 is 0 Å². The van der Waals surface area contributed by atoms with E-state index in [9.17, 15) is 0 Å². The molecule has 0 saturated heterocycles. The minimum Gasteiger partial charge on any atom is -0.306 e. The van der Waals surface area contributed by atoms with Crippen molar-refractivity contribution in [3.05, 3.63) is 42.9 Å². The van der Waals surface area contributed by atoms with Crippen LogP contribution in [-0.2, 0) is 0 Å². The summed E-state index contributed by atoms with van der Waals surface area (Å²) in [5.41, 5.74) is 1.21. The summed E-state index contributed by atoms with van der Waals surface area (Å²) in [7, 11) is 0. The van der Waals surface area contributed by atoms with Gasteiger partial charge < -0.3 is 5.41 Å². The van der Waals surface area contributed by atoms with Crippen LogP contribution in [0, 0.1) is 5.41 Å². The number of aromatic nitrogens is 1. The fourth-order valence-electron chi connectivity index (χ4n) is 0.790. The van der Waals surface area contributed by atoms with E-state index in [4.69, 9.17) is 5.41 Å². The SMILES string of the molecule is C=CN=C(C=N)c1ccccn1. The van der Waals surface area contributed by atoms with Crippen LogP contribution in [0.15, 0.2) is 42.2 Å². The zero-order valence-corrected chi connectivity index (χ0v) is 6.57. The summed E-state index contributed by atoms with van der Waals surface area (Å²) in [6, 6.07) is 5.47. The van der Waals surface area contributed by atoms with Crippen molar-refractivity contribution in [2.45, 2.75) is 0 Å². The van der Waals surface area contributed by atoms with Gasteiger partial charge in [-0.3, -0.25) is 9.98 Å². The third kappa shape index (κ3) is 1.85. The molecule has 1 rings (SSSR count). The van der Waals surface area contributed by atoms with Crippen LogP contribution in [-0.4, -0.2) is 16.9 Å². The Morgan fingerprint density at radius 1 is 1.58 bits per heavy atom. The lowest BCUT2D eigenvalue weighted by Gasteiger charge is -1.95. The summed E-state index contributed by atoms with van der Waals surface area (Å²) in [6.45, 7) is 3.46. The van der Waals surface area contributed by atoms with E-state index in [2.05, 4.69) is 16.6 Å². The molecule has 3 nitrogen and oxygen atoms in total. The van der Waals surface area contributed by atoms with Crippen LogP contribution in [0.25, 0.3) is 0 Å². The van der Waals surface area contributed by atoms with E-state index in [0.29, 0.717) is 11.4 Å². The number of hydrogen-bond acceptors (Lipinski definition) is 3. The third-order valence-electron chi connectivity index (χ3n) is 1.29. The minimum absolute atomic E-state index is 0.519. The van der Waals surface area contributed by atoms with Gasteiger partial charge in [0.25, 0.3) is 0 Å². The summed E-state index contributed by atoms with van der Waals surface area (Å²) in [4.78, 5) is 7.93. The largest absolute Gasteiger partial charge is 0.306 e. The Hall–Kier alpha value is -1.77. The predicted octanol–water partition coefficient (Wildman–Crippen LogP) is 1.66. The van der Waals surface area contributed by atoms with Crippen molar-refractivity contribution in [1.29, 1.82) is 5.41 Å². The smallest absolute Gasteiger partial charge is 0.106 e. The van der Waals surface area contributed by atoms with Crippen molar-refractivity contribution in [3.8, 4) is 0 Å². The number of pyridine rings is 1. The molecule has 1 N–H and O–H groups in total. The summed E-state index contributed by atoms with van der Waals surface area (Å²) in [6.07, 6.45) is 4.22. The maximum atomic E-state index is 7.06. The van der Waals surface area contributed by atoms with Crippen LogP contribution in [0.1, 0.15) is 5.69 Å². The van der Waals surface area contributed by atoms with Gasteiger partial charge in [0.2, 0.25) is 0 Å². The molecule has 0 spiro atoms. The molecule has 0 amide bonds. The first-order chi connectivity index (χ1) is 5.88. The average Bonchev–Trinajstić information content (AvgIpc) is 2.15. The Bertz CT molecular complexity index is 301. The van der Waals surface area contributed by atoms with Crippen LogP contribution in [0.2, 0.25) is 0 Å². The molecule has 0 aliphatic carbocycles. The predicted molar refractivity (Wildman–Crippen MR) is 49.8 cm³/mol. The zero-order valence-electron chi connectivity index (χ0n) is 6.57. The molecule has 12 heavy (non-hydrogen) atoms. The first kappa shape index (κ1) is 8.33. The van der Waals surface area contributed by atoms with Crippen molar-refractivity contribution >= 4 is 11.9 Å². The second-order valence-corrected chi connectivity index (χ2v) is 2.06. The van der Waals surface area contributed by atoms with Gasteiger partial charge in [0, 0.05) is 18.6 Å². The highest BCUT2D eigenvalue weighted by Gasteiger charge is 1.97. The van der Waals surface area contributed by atoms with E-state index < -0.39 is 0 Å². The molecule has 0 atom stereocenters. The fraction of sp³-hybridized carbons (Fsp3) is 0. The van der Waals surface area contributed by atoms with Crippen LogP contribution < -0.4 is 0 Å². The van der Waals surface area contributed by atoms with Gasteiger partial charge in [0.1, 0.15) is 5.71 Å². The molecule has 0 aliphatic heterocycles. The normalized spacial score (nSPS) is 10.8. The number of nitrogens with zero attached hydrogens (tertiary/aromatic N) is 2. The molecule has 1 heterocycles. The van der Waals surface area contributed by atoms with E-state index in [1.807, 2.05) is 12.1 Å². The number of aliphatic imine (C=N–C) groups is 1.